The van der Waals surface area contributed by atoms with Crippen LogP contribution < -0.4 is 0 Å². The molecule has 1 unspecified atom stereocenters. The van der Waals surface area contributed by atoms with Crippen LogP contribution in [0.15, 0.2) is 12.1 Å². The third-order valence-electron chi connectivity index (χ3n) is 3.43. The van der Waals surface area contributed by atoms with Gasteiger partial charge in [-0.25, -0.2) is 14.2 Å². The van der Waals surface area contributed by atoms with Gasteiger partial charge in [-0.3, -0.25) is 0 Å². The molecule has 0 aliphatic carbocycles. The van der Waals surface area contributed by atoms with Crippen LogP contribution in [-0.2, 0) is 10.3 Å². The lowest BCUT2D eigenvalue weighted by Gasteiger charge is -2.23. The third kappa shape index (κ3) is 2.19. The van der Waals surface area contributed by atoms with Crippen molar-refractivity contribution >= 4 is 17.0 Å². The molecular weight excluding hydrogens is 251 g/mol. The second kappa shape index (κ2) is 4.62. The summed E-state index contributed by atoms with van der Waals surface area (Å²) >= 11 is 0. The summed E-state index contributed by atoms with van der Waals surface area (Å²) in [5.41, 5.74) is -0.139. The molecule has 0 amide bonds. The molecule has 0 bridgehead atoms. The van der Waals surface area contributed by atoms with Gasteiger partial charge in [-0.1, -0.05) is 6.92 Å². The van der Waals surface area contributed by atoms with Crippen LogP contribution in [0.5, 0.6) is 0 Å². The Kier molecular flexibility index (Phi) is 3.28. The van der Waals surface area contributed by atoms with Gasteiger partial charge in [-0.15, -0.1) is 0 Å². The number of aromatic carboxylic acids is 1. The monoisotopic (exact) mass is 266 g/mol. The van der Waals surface area contributed by atoms with Crippen molar-refractivity contribution in [1.29, 1.82) is 0 Å². The van der Waals surface area contributed by atoms with E-state index in [1.807, 2.05) is 13.8 Å². The summed E-state index contributed by atoms with van der Waals surface area (Å²) in [5.74, 6) is -1.55. The number of hydrogen-bond donors (Lipinski definition) is 2. The number of aromatic nitrogens is 2. The van der Waals surface area contributed by atoms with E-state index in [9.17, 15) is 9.18 Å². The standard InChI is InChI=1S/C13H15FN2O3/c1-4-13(2,19-3)12-15-9-5-7(11(17)18)8(14)6-10(9)16-12/h5-6H,4H2,1-3H3,(H,15,16)(H,17,18). The fourth-order valence-corrected chi connectivity index (χ4v) is 1.85. The summed E-state index contributed by atoms with van der Waals surface area (Å²) in [6, 6.07) is 2.36. The molecule has 1 atom stereocenters. The highest BCUT2D eigenvalue weighted by Gasteiger charge is 2.28. The van der Waals surface area contributed by atoms with Gasteiger partial charge in [-0.05, 0) is 19.4 Å². The fourth-order valence-electron chi connectivity index (χ4n) is 1.85. The van der Waals surface area contributed by atoms with Crippen molar-refractivity contribution in [2.24, 2.45) is 0 Å². The zero-order valence-electron chi connectivity index (χ0n) is 11.0. The number of imidazole rings is 1. The van der Waals surface area contributed by atoms with Crippen LogP contribution in [0.1, 0.15) is 36.5 Å². The molecule has 2 N–H and O–H groups in total. The van der Waals surface area contributed by atoms with E-state index in [-0.39, 0.29) is 5.56 Å². The van der Waals surface area contributed by atoms with Crippen molar-refractivity contribution in [1.82, 2.24) is 9.97 Å². The number of halogens is 1. The van der Waals surface area contributed by atoms with Crippen molar-refractivity contribution in [3.63, 3.8) is 0 Å². The van der Waals surface area contributed by atoms with Crippen molar-refractivity contribution in [3.05, 3.63) is 29.3 Å². The number of rotatable bonds is 4. The third-order valence-corrected chi connectivity index (χ3v) is 3.43. The molecule has 0 radical (unpaired) electrons. The molecule has 0 saturated heterocycles. The van der Waals surface area contributed by atoms with E-state index in [2.05, 4.69) is 9.97 Å². The van der Waals surface area contributed by atoms with Gasteiger partial charge < -0.3 is 14.8 Å². The van der Waals surface area contributed by atoms with Crippen LogP contribution >= 0.6 is 0 Å². The van der Waals surface area contributed by atoms with Gasteiger partial charge in [0.05, 0.1) is 16.6 Å². The zero-order valence-corrected chi connectivity index (χ0v) is 11.0. The smallest absolute Gasteiger partial charge is 0.338 e. The van der Waals surface area contributed by atoms with Gasteiger partial charge in [-0.2, -0.15) is 0 Å². The van der Waals surface area contributed by atoms with Gasteiger partial charge >= 0.3 is 5.97 Å². The molecule has 0 fully saturated rings. The van der Waals surface area contributed by atoms with E-state index in [4.69, 9.17) is 9.84 Å². The van der Waals surface area contributed by atoms with Crippen LogP contribution in [0.25, 0.3) is 11.0 Å². The Labute approximate surface area is 109 Å². The maximum Gasteiger partial charge on any atom is 0.338 e. The maximum absolute atomic E-state index is 13.6. The second-order valence-corrected chi connectivity index (χ2v) is 4.53. The highest BCUT2D eigenvalue weighted by atomic mass is 19.1. The van der Waals surface area contributed by atoms with E-state index in [0.717, 1.165) is 6.07 Å². The molecule has 0 aliphatic heterocycles. The van der Waals surface area contributed by atoms with Crippen LogP contribution in [0.3, 0.4) is 0 Å². The molecule has 0 spiro atoms. The molecule has 19 heavy (non-hydrogen) atoms. The van der Waals surface area contributed by atoms with Crippen LogP contribution in [0.2, 0.25) is 0 Å². The lowest BCUT2D eigenvalue weighted by Crippen LogP contribution is -2.24. The van der Waals surface area contributed by atoms with E-state index in [1.165, 1.54) is 6.07 Å². The summed E-state index contributed by atoms with van der Waals surface area (Å²) in [6.07, 6.45) is 0.678. The molecule has 2 aromatic rings. The van der Waals surface area contributed by atoms with Crippen molar-refractivity contribution in [3.8, 4) is 0 Å². The number of nitrogens with zero attached hydrogens (tertiary/aromatic N) is 1. The van der Waals surface area contributed by atoms with Crippen molar-refractivity contribution < 1.29 is 19.0 Å². The van der Waals surface area contributed by atoms with Crippen LogP contribution in [0, 0.1) is 5.82 Å². The molecule has 0 saturated carbocycles. The van der Waals surface area contributed by atoms with Crippen molar-refractivity contribution in [2.75, 3.05) is 7.11 Å². The number of nitrogens with one attached hydrogen (secondary N) is 1. The molecule has 102 valence electrons. The van der Waals surface area contributed by atoms with Gasteiger partial charge in [0.1, 0.15) is 17.2 Å². The fraction of sp³-hybridized carbons (Fsp3) is 0.385. The number of aromatic amines is 1. The molecule has 2 rings (SSSR count). The summed E-state index contributed by atoms with van der Waals surface area (Å²) in [7, 11) is 1.57. The highest BCUT2D eigenvalue weighted by Crippen LogP contribution is 2.28. The molecular formula is C13H15FN2O3. The Hall–Kier alpha value is -1.95. The van der Waals surface area contributed by atoms with Crippen LogP contribution in [0.4, 0.5) is 4.39 Å². The average molecular weight is 266 g/mol. The number of carboxylic acid groups (broad SMARTS) is 1. The largest absolute Gasteiger partial charge is 0.478 e. The number of H-pyrrole nitrogens is 1. The minimum absolute atomic E-state index is 0.388. The minimum Gasteiger partial charge on any atom is -0.478 e. The summed E-state index contributed by atoms with van der Waals surface area (Å²) in [6.45, 7) is 3.80. The maximum atomic E-state index is 13.6. The summed E-state index contributed by atoms with van der Waals surface area (Å²) in [4.78, 5) is 18.2. The minimum atomic E-state index is -1.31. The first kappa shape index (κ1) is 13.5. The normalized spacial score (nSPS) is 14.5. The lowest BCUT2D eigenvalue weighted by molar-refractivity contribution is -0.00803. The first-order valence-electron chi connectivity index (χ1n) is 5.89. The summed E-state index contributed by atoms with van der Waals surface area (Å²) < 4.78 is 19.0. The van der Waals surface area contributed by atoms with Gasteiger partial charge in [0.2, 0.25) is 0 Å². The van der Waals surface area contributed by atoms with Crippen molar-refractivity contribution in [2.45, 2.75) is 25.9 Å². The number of ether oxygens (including phenoxy) is 1. The Balaban J connectivity index is 2.61. The number of methoxy groups -OCH3 is 1. The highest BCUT2D eigenvalue weighted by molar-refractivity contribution is 5.92. The topological polar surface area (TPSA) is 75.2 Å². The van der Waals surface area contributed by atoms with Gasteiger partial charge in [0.25, 0.3) is 0 Å². The van der Waals surface area contributed by atoms with Gasteiger partial charge in [0.15, 0.2) is 0 Å². The van der Waals surface area contributed by atoms with E-state index in [1.54, 1.807) is 7.11 Å². The van der Waals surface area contributed by atoms with E-state index in [0.29, 0.717) is 23.3 Å². The van der Waals surface area contributed by atoms with E-state index >= 15 is 0 Å². The SMILES string of the molecule is CCC(C)(OC)c1nc2cc(C(=O)O)c(F)cc2[nH]1. The van der Waals surface area contributed by atoms with Crippen LogP contribution in [-0.4, -0.2) is 28.2 Å². The second-order valence-electron chi connectivity index (χ2n) is 4.53. The molecule has 5 nitrogen and oxygen atoms in total. The average Bonchev–Trinajstić information content (AvgIpc) is 2.79. The first-order valence-corrected chi connectivity index (χ1v) is 5.89. The Bertz CT molecular complexity index is 632. The molecule has 1 aromatic heterocycles. The number of carbonyl (C=O) groups is 1. The predicted octanol–water partition coefficient (Wildman–Crippen LogP) is 2.67. The molecule has 0 aliphatic rings. The molecule has 1 aromatic carbocycles. The first-order chi connectivity index (χ1) is 8.91. The Morgan fingerprint density at radius 1 is 1.58 bits per heavy atom. The number of benzene rings is 1. The lowest BCUT2D eigenvalue weighted by atomic mass is 10.0. The molecule has 6 heteroatoms. The zero-order chi connectivity index (χ0) is 14.2. The Morgan fingerprint density at radius 2 is 2.26 bits per heavy atom. The number of fused-ring (bicyclic) bond motifs is 1. The Morgan fingerprint density at radius 3 is 2.79 bits per heavy atom. The van der Waals surface area contributed by atoms with E-state index < -0.39 is 17.4 Å². The van der Waals surface area contributed by atoms with Gasteiger partial charge in [0, 0.05) is 13.2 Å². The number of hydrogen-bond acceptors (Lipinski definition) is 3. The predicted molar refractivity (Wildman–Crippen MR) is 67.7 cm³/mol. The molecule has 1 heterocycles. The summed E-state index contributed by atoms with van der Waals surface area (Å²) in [5, 5.41) is 8.88. The quantitative estimate of drug-likeness (QED) is 0.892. The number of carboxylic acids is 1.